The molecule has 0 spiro atoms. The van der Waals surface area contributed by atoms with E-state index >= 15 is 0 Å². The number of benzene rings is 1. The van der Waals surface area contributed by atoms with Gasteiger partial charge in [-0.05, 0) is 18.2 Å². The van der Waals surface area contributed by atoms with Crippen molar-refractivity contribution in [2.24, 2.45) is 5.84 Å². The molecule has 0 amide bonds. The lowest BCUT2D eigenvalue weighted by Gasteiger charge is -2.10. The average Bonchev–Trinajstić information content (AvgIpc) is 2.82. The van der Waals surface area contributed by atoms with E-state index in [-0.39, 0.29) is 5.75 Å². The van der Waals surface area contributed by atoms with Crippen LogP contribution in [0.15, 0.2) is 35.3 Å². The summed E-state index contributed by atoms with van der Waals surface area (Å²) in [6.45, 7) is -2.91. The van der Waals surface area contributed by atoms with Crippen LogP contribution in [-0.4, -0.2) is 11.6 Å². The lowest BCUT2D eigenvalue weighted by molar-refractivity contribution is -0.0494. The topological polar surface area (TPSA) is 73.3 Å². The summed E-state index contributed by atoms with van der Waals surface area (Å²) in [6, 6.07) is 4.43. The third-order valence-corrected chi connectivity index (χ3v) is 2.07. The van der Waals surface area contributed by atoms with Crippen LogP contribution in [0.4, 0.5) is 14.5 Å². The smallest absolute Gasteiger partial charge is 0.387 e. The van der Waals surface area contributed by atoms with Crippen LogP contribution in [0.2, 0.25) is 0 Å². The molecule has 3 N–H and O–H groups in total. The van der Waals surface area contributed by atoms with Gasteiger partial charge >= 0.3 is 6.61 Å². The monoisotopic (exact) mass is 241 g/mol. The normalized spacial score (nSPS) is 10.6. The molecule has 0 bridgehead atoms. The van der Waals surface area contributed by atoms with Gasteiger partial charge in [0.15, 0.2) is 6.39 Å². The number of hydrogen-bond acceptors (Lipinski definition) is 5. The molecule has 1 heterocycles. The van der Waals surface area contributed by atoms with Crippen LogP contribution in [0, 0.1) is 0 Å². The molecular weight excluding hydrogens is 232 g/mol. The highest BCUT2D eigenvalue weighted by molar-refractivity contribution is 5.71. The summed E-state index contributed by atoms with van der Waals surface area (Å²) in [5.41, 5.74) is 3.71. The first kappa shape index (κ1) is 11.3. The van der Waals surface area contributed by atoms with Crippen LogP contribution in [0.1, 0.15) is 0 Å². The molecule has 7 heteroatoms. The number of ether oxygens (including phenoxy) is 1. The van der Waals surface area contributed by atoms with Gasteiger partial charge in [-0.1, -0.05) is 0 Å². The Morgan fingerprint density at radius 1 is 1.41 bits per heavy atom. The number of aromatic nitrogens is 1. The molecule has 1 aromatic carbocycles. The second-order valence-electron chi connectivity index (χ2n) is 3.11. The number of nitrogens with one attached hydrogen (secondary N) is 1. The van der Waals surface area contributed by atoms with E-state index in [0.717, 1.165) is 0 Å². The van der Waals surface area contributed by atoms with Crippen molar-refractivity contribution < 1.29 is 17.9 Å². The number of nitrogens with zero attached hydrogens (tertiary/aromatic N) is 1. The SMILES string of the molecule is NNc1ccc(OC(F)F)c(-c2cocn2)c1. The number of hydrazine groups is 1. The Morgan fingerprint density at radius 2 is 2.24 bits per heavy atom. The summed E-state index contributed by atoms with van der Waals surface area (Å²) < 4.78 is 33.6. The molecule has 5 nitrogen and oxygen atoms in total. The molecule has 0 atom stereocenters. The number of nitrogens with two attached hydrogens (primary N) is 1. The number of hydrogen-bond donors (Lipinski definition) is 2. The Balaban J connectivity index is 2.44. The van der Waals surface area contributed by atoms with E-state index in [1.807, 2.05) is 0 Å². The minimum atomic E-state index is -2.91. The van der Waals surface area contributed by atoms with E-state index in [2.05, 4.69) is 15.1 Å². The Hall–Kier alpha value is -2.15. The summed E-state index contributed by atoms with van der Waals surface area (Å²) in [5.74, 6) is 5.25. The van der Waals surface area contributed by atoms with Gasteiger partial charge in [-0.2, -0.15) is 8.78 Å². The van der Waals surface area contributed by atoms with Crippen LogP contribution in [0.3, 0.4) is 0 Å². The fraction of sp³-hybridized carbons (Fsp3) is 0.100. The van der Waals surface area contributed by atoms with Crippen molar-refractivity contribution in [2.75, 3.05) is 5.43 Å². The fourth-order valence-corrected chi connectivity index (χ4v) is 1.36. The zero-order chi connectivity index (χ0) is 12.3. The predicted octanol–water partition coefficient (Wildman–Crippen LogP) is 2.23. The Kier molecular flexibility index (Phi) is 3.20. The number of rotatable bonds is 4. The third kappa shape index (κ3) is 2.51. The van der Waals surface area contributed by atoms with E-state index in [0.29, 0.717) is 16.9 Å². The highest BCUT2D eigenvalue weighted by Gasteiger charge is 2.13. The summed E-state index contributed by atoms with van der Waals surface area (Å²) in [7, 11) is 0. The second-order valence-corrected chi connectivity index (χ2v) is 3.11. The molecule has 0 saturated heterocycles. The first-order valence-electron chi connectivity index (χ1n) is 4.64. The quantitative estimate of drug-likeness (QED) is 0.634. The predicted molar refractivity (Wildman–Crippen MR) is 56.4 cm³/mol. The molecule has 17 heavy (non-hydrogen) atoms. The molecule has 2 aromatic rings. The van der Waals surface area contributed by atoms with Gasteiger partial charge in [0.2, 0.25) is 0 Å². The van der Waals surface area contributed by atoms with Gasteiger partial charge in [-0.3, -0.25) is 5.84 Å². The minimum Gasteiger partial charge on any atom is -0.451 e. The molecule has 0 unspecified atom stereocenters. The number of anilines is 1. The first-order chi connectivity index (χ1) is 8.20. The highest BCUT2D eigenvalue weighted by atomic mass is 19.3. The lowest BCUT2D eigenvalue weighted by atomic mass is 10.1. The number of nitrogen functional groups attached to an aromatic ring is 1. The van der Waals surface area contributed by atoms with Gasteiger partial charge in [-0.15, -0.1) is 0 Å². The Labute approximate surface area is 95.2 Å². The van der Waals surface area contributed by atoms with Crippen molar-refractivity contribution >= 4 is 5.69 Å². The van der Waals surface area contributed by atoms with E-state index < -0.39 is 6.61 Å². The van der Waals surface area contributed by atoms with Crippen LogP contribution < -0.4 is 16.0 Å². The molecule has 0 aliphatic carbocycles. The number of halogens is 2. The summed E-state index contributed by atoms with van der Waals surface area (Å²) in [5, 5.41) is 0. The maximum Gasteiger partial charge on any atom is 0.387 e. The van der Waals surface area contributed by atoms with Gasteiger partial charge in [0.05, 0.1) is 0 Å². The van der Waals surface area contributed by atoms with Crippen LogP contribution in [0.25, 0.3) is 11.3 Å². The van der Waals surface area contributed by atoms with E-state index in [1.54, 1.807) is 0 Å². The maximum absolute atomic E-state index is 12.2. The zero-order valence-electron chi connectivity index (χ0n) is 8.56. The van der Waals surface area contributed by atoms with E-state index in [9.17, 15) is 8.78 Å². The minimum absolute atomic E-state index is 0.00731. The van der Waals surface area contributed by atoms with Gasteiger partial charge < -0.3 is 14.6 Å². The molecule has 0 aliphatic rings. The van der Waals surface area contributed by atoms with Gasteiger partial charge in [0, 0.05) is 11.3 Å². The van der Waals surface area contributed by atoms with Gasteiger partial charge in [0.25, 0.3) is 0 Å². The number of alkyl halides is 2. The largest absolute Gasteiger partial charge is 0.451 e. The van der Waals surface area contributed by atoms with Crippen LogP contribution >= 0.6 is 0 Å². The van der Waals surface area contributed by atoms with E-state index in [4.69, 9.17) is 10.3 Å². The van der Waals surface area contributed by atoms with Crippen molar-refractivity contribution in [1.29, 1.82) is 0 Å². The molecule has 90 valence electrons. The van der Waals surface area contributed by atoms with Crippen molar-refractivity contribution in [3.63, 3.8) is 0 Å². The summed E-state index contributed by atoms with van der Waals surface area (Å²) in [6.07, 6.45) is 2.53. The van der Waals surface area contributed by atoms with Crippen LogP contribution in [0.5, 0.6) is 5.75 Å². The lowest BCUT2D eigenvalue weighted by Crippen LogP contribution is -2.08. The van der Waals surface area contributed by atoms with E-state index in [1.165, 1.54) is 30.9 Å². The molecule has 1 aromatic heterocycles. The molecule has 0 radical (unpaired) electrons. The van der Waals surface area contributed by atoms with Crippen molar-refractivity contribution in [3.8, 4) is 17.0 Å². The maximum atomic E-state index is 12.2. The van der Waals surface area contributed by atoms with Crippen molar-refractivity contribution in [3.05, 3.63) is 30.9 Å². The third-order valence-electron chi connectivity index (χ3n) is 2.07. The van der Waals surface area contributed by atoms with Crippen LogP contribution in [-0.2, 0) is 0 Å². The van der Waals surface area contributed by atoms with Gasteiger partial charge in [0.1, 0.15) is 17.7 Å². The first-order valence-corrected chi connectivity index (χ1v) is 4.64. The molecule has 2 rings (SSSR count). The summed E-state index contributed by atoms with van der Waals surface area (Å²) in [4.78, 5) is 3.87. The average molecular weight is 241 g/mol. The van der Waals surface area contributed by atoms with Crippen molar-refractivity contribution in [1.82, 2.24) is 4.98 Å². The standard InChI is InChI=1S/C10H9F2N3O2/c11-10(12)17-9-2-1-6(15-13)3-7(9)8-4-16-5-14-8/h1-5,10,15H,13H2. The van der Waals surface area contributed by atoms with Gasteiger partial charge in [-0.25, -0.2) is 4.98 Å². The molecule has 0 saturated carbocycles. The molecule has 0 fully saturated rings. The Morgan fingerprint density at radius 3 is 2.82 bits per heavy atom. The molecule has 0 aliphatic heterocycles. The Bertz CT molecular complexity index is 488. The second kappa shape index (κ2) is 4.79. The zero-order valence-corrected chi connectivity index (χ0v) is 8.56. The fourth-order valence-electron chi connectivity index (χ4n) is 1.36. The summed E-state index contributed by atoms with van der Waals surface area (Å²) >= 11 is 0. The highest BCUT2D eigenvalue weighted by Crippen LogP contribution is 2.32. The van der Waals surface area contributed by atoms with Crippen molar-refractivity contribution in [2.45, 2.75) is 6.61 Å². The molecular formula is C10H9F2N3O2. The number of oxazole rings is 1.